The van der Waals surface area contributed by atoms with E-state index in [-0.39, 0.29) is 5.91 Å². The lowest BCUT2D eigenvalue weighted by atomic mass is 10.1. The number of nitrogens with zero attached hydrogens (tertiary/aromatic N) is 2. The molecule has 92 valence electrons. The summed E-state index contributed by atoms with van der Waals surface area (Å²) >= 11 is 0. The second-order valence-corrected chi connectivity index (χ2v) is 4.40. The number of hydrogen-bond donors (Lipinski definition) is 1. The highest BCUT2D eigenvalue weighted by Gasteiger charge is 2.20. The van der Waals surface area contributed by atoms with E-state index in [0.717, 1.165) is 13.1 Å². The largest absolute Gasteiger partial charge is 0.373 e. The maximum absolute atomic E-state index is 11.9. The molecule has 1 aliphatic rings. The first-order valence-corrected chi connectivity index (χ1v) is 5.99. The summed E-state index contributed by atoms with van der Waals surface area (Å²) in [6.45, 7) is 2.75. The molecule has 0 fully saturated rings. The highest BCUT2D eigenvalue weighted by atomic mass is 16.2. The van der Waals surface area contributed by atoms with Gasteiger partial charge in [0, 0.05) is 45.3 Å². The second kappa shape index (κ2) is 5.19. The van der Waals surface area contributed by atoms with Gasteiger partial charge in [-0.2, -0.15) is 0 Å². The number of anilines is 1. The van der Waals surface area contributed by atoms with Gasteiger partial charge < -0.3 is 15.5 Å². The molecule has 1 heterocycles. The molecule has 0 unspecified atom stereocenters. The van der Waals surface area contributed by atoms with Crippen molar-refractivity contribution in [2.45, 2.75) is 13.0 Å². The summed E-state index contributed by atoms with van der Waals surface area (Å²) in [7, 11) is 2.07. The van der Waals surface area contributed by atoms with Gasteiger partial charge >= 0.3 is 0 Å². The van der Waals surface area contributed by atoms with Crippen molar-refractivity contribution >= 4 is 11.6 Å². The fraction of sp³-hybridized carbons (Fsp3) is 0.462. The van der Waals surface area contributed by atoms with E-state index in [4.69, 9.17) is 5.73 Å². The van der Waals surface area contributed by atoms with E-state index >= 15 is 0 Å². The van der Waals surface area contributed by atoms with Crippen LogP contribution in [-0.4, -0.2) is 37.5 Å². The summed E-state index contributed by atoms with van der Waals surface area (Å²) < 4.78 is 0. The Morgan fingerprint density at radius 3 is 2.88 bits per heavy atom. The number of carbonyl (C=O) groups is 1. The van der Waals surface area contributed by atoms with Crippen molar-refractivity contribution in [3.8, 4) is 0 Å². The smallest absolute Gasteiger partial charge is 0.224 e. The lowest BCUT2D eigenvalue weighted by Gasteiger charge is -2.20. The summed E-state index contributed by atoms with van der Waals surface area (Å²) in [5, 5.41) is 0. The van der Waals surface area contributed by atoms with Crippen LogP contribution in [0.3, 0.4) is 0 Å². The molecule has 2 rings (SSSR count). The Bertz CT molecular complexity index is 405. The third kappa shape index (κ3) is 2.58. The zero-order valence-electron chi connectivity index (χ0n) is 10.2. The van der Waals surface area contributed by atoms with Gasteiger partial charge in [-0.1, -0.05) is 18.2 Å². The number of likely N-dealkylation sites (N-methyl/N-ethyl adjacent to an activating group) is 1. The molecule has 0 aromatic heterocycles. The molecular weight excluding hydrogens is 214 g/mol. The van der Waals surface area contributed by atoms with E-state index in [1.165, 1.54) is 11.3 Å². The Morgan fingerprint density at radius 1 is 1.35 bits per heavy atom. The first-order chi connectivity index (χ1) is 8.22. The quantitative estimate of drug-likeness (QED) is 0.822. The Kier molecular flexibility index (Phi) is 3.64. The number of para-hydroxylation sites is 1. The van der Waals surface area contributed by atoms with Gasteiger partial charge in [-0.05, 0) is 11.6 Å². The zero-order valence-corrected chi connectivity index (χ0v) is 10.2. The van der Waals surface area contributed by atoms with Crippen molar-refractivity contribution < 1.29 is 4.79 Å². The summed E-state index contributed by atoms with van der Waals surface area (Å²) in [5.74, 6) is 0.151. The minimum Gasteiger partial charge on any atom is -0.373 e. The molecular formula is C13H19N3O. The van der Waals surface area contributed by atoms with E-state index in [1.54, 1.807) is 0 Å². The summed E-state index contributed by atoms with van der Waals surface area (Å²) in [4.78, 5) is 16.0. The van der Waals surface area contributed by atoms with Crippen LogP contribution in [0.2, 0.25) is 0 Å². The van der Waals surface area contributed by atoms with Gasteiger partial charge in [-0.25, -0.2) is 0 Å². The fourth-order valence-corrected chi connectivity index (χ4v) is 2.19. The minimum atomic E-state index is 0.151. The standard InChI is InChI=1S/C13H19N3O/c1-15-8-9-16(13(17)6-7-14)10-11-4-2-3-5-12(11)15/h2-5H,6-10,14H2,1H3. The van der Waals surface area contributed by atoms with Crippen molar-refractivity contribution in [1.29, 1.82) is 0 Å². The molecule has 0 atom stereocenters. The fourth-order valence-electron chi connectivity index (χ4n) is 2.19. The maximum Gasteiger partial charge on any atom is 0.224 e. The Balaban J connectivity index is 2.20. The molecule has 0 spiro atoms. The average Bonchev–Trinajstić information content (AvgIpc) is 2.50. The molecule has 4 heteroatoms. The number of fused-ring (bicyclic) bond motifs is 1. The van der Waals surface area contributed by atoms with Crippen LogP contribution in [0.1, 0.15) is 12.0 Å². The molecule has 0 aliphatic carbocycles. The van der Waals surface area contributed by atoms with Crippen LogP contribution in [0.15, 0.2) is 24.3 Å². The van der Waals surface area contributed by atoms with E-state index < -0.39 is 0 Å². The van der Waals surface area contributed by atoms with Crippen molar-refractivity contribution in [3.05, 3.63) is 29.8 Å². The summed E-state index contributed by atoms with van der Waals surface area (Å²) in [6, 6.07) is 8.24. The Labute approximate surface area is 102 Å². The van der Waals surface area contributed by atoms with Crippen LogP contribution in [0.4, 0.5) is 5.69 Å². The predicted octanol–water partition coefficient (Wildman–Crippen LogP) is 0.814. The molecule has 1 aliphatic heterocycles. The van der Waals surface area contributed by atoms with Crippen molar-refractivity contribution in [3.63, 3.8) is 0 Å². The topological polar surface area (TPSA) is 49.6 Å². The number of amides is 1. The third-order valence-corrected chi connectivity index (χ3v) is 3.18. The number of benzene rings is 1. The van der Waals surface area contributed by atoms with Gasteiger partial charge in [0.1, 0.15) is 0 Å². The Hall–Kier alpha value is -1.55. The van der Waals surface area contributed by atoms with Crippen LogP contribution >= 0.6 is 0 Å². The average molecular weight is 233 g/mol. The molecule has 4 nitrogen and oxygen atoms in total. The molecule has 17 heavy (non-hydrogen) atoms. The highest BCUT2D eigenvalue weighted by molar-refractivity contribution is 5.77. The van der Waals surface area contributed by atoms with E-state index in [2.05, 4.69) is 24.1 Å². The van der Waals surface area contributed by atoms with Crippen molar-refractivity contribution in [2.75, 3.05) is 31.6 Å². The van der Waals surface area contributed by atoms with Crippen LogP contribution in [0.5, 0.6) is 0 Å². The molecule has 0 bridgehead atoms. The molecule has 0 radical (unpaired) electrons. The van der Waals surface area contributed by atoms with Crippen LogP contribution in [0.25, 0.3) is 0 Å². The van der Waals surface area contributed by atoms with Gasteiger partial charge in [-0.15, -0.1) is 0 Å². The van der Waals surface area contributed by atoms with Crippen LogP contribution in [-0.2, 0) is 11.3 Å². The van der Waals surface area contributed by atoms with E-state index in [0.29, 0.717) is 19.5 Å². The normalized spacial score (nSPS) is 15.4. The first-order valence-electron chi connectivity index (χ1n) is 5.99. The third-order valence-electron chi connectivity index (χ3n) is 3.18. The zero-order chi connectivity index (χ0) is 12.3. The molecule has 2 N–H and O–H groups in total. The molecule has 1 aromatic rings. The highest BCUT2D eigenvalue weighted by Crippen LogP contribution is 2.23. The van der Waals surface area contributed by atoms with Crippen molar-refractivity contribution in [2.24, 2.45) is 5.73 Å². The molecule has 0 saturated carbocycles. The second-order valence-electron chi connectivity index (χ2n) is 4.40. The number of rotatable bonds is 2. The van der Waals surface area contributed by atoms with Gasteiger partial charge in [0.15, 0.2) is 0 Å². The Morgan fingerprint density at radius 2 is 2.12 bits per heavy atom. The minimum absolute atomic E-state index is 0.151. The lowest BCUT2D eigenvalue weighted by Crippen LogP contribution is -2.35. The summed E-state index contributed by atoms with van der Waals surface area (Å²) in [6.07, 6.45) is 0.436. The predicted molar refractivity (Wildman–Crippen MR) is 68.8 cm³/mol. The molecule has 0 saturated heterocycles. The van der Waals surface area contributed by atoms with Gasteiger partial charge in [0.05, 0.1) is 0 Å². The van der Waals surface area contributed by atoms with E-state index in [1.807, 2.05) is 17.0 Å². The lowest BCUT2D eigenvalue weighted by molar-refractivity contribution is -0.131. The van der Waals surface area contributed by atoms with Gasteiger partial charge in [0.25, 0.3) is 0 Å². The molecule has 1 amide bonds. The van der Waals surface area contributed by atoms with Gasteiger partial charge in [-0.3, -0.25) is 4.79 Å². The first kappa shape index (κ1) is 11.9. The van der Waals surface area contributed by atoms with Crippen molar-refractivity contribution in [1.82, 2.24) is 4.90 Å². The monoisotopic (exact) mass is 233 g/mol. The maximum atomic E-state index is 11.9. The van der Waals surface area contributed by atoms with Crippen LogP contribution in [0, 0.1) is 0 Å². The number of carbonyl (C=O) groups excluding carboxylic acids is 1. The van der Waals surface area contributed by atoms with E-state index in [9.17, 15) is 4.79 Å². The number of nitrogens with two attached hydrogens (primary N) is 1. The van der Waals surface area contributed by atoms with Gasteiger partial charge in [0.2, 0.25) is 5.91 Å². The van der Waals surface area contributed by atoms with Crippen LogP contribution < -0.4 is 10.6 Å². The number of hydrogen-bond acceptors (Lipinski definition) is 3. The SMILES string of the molecule is CN1CCN(C(=O)CCN)Cc2ccccc21. The summed E-state index contributed by atoms with van der Waals surface area (Å²) in [5.41, 5.74) is 7.86. The molecule has 1 aromatic carbocycles.